The van der Waals surface area contributed by atoms with Crippen LogP contribution >= 0.6 is 0 Å². The van der Waals surface area contributed by atoms with Crippen LogP contribution in [0.5, 0.6) is 0 Å². The van der Waals surface area contributed by atoms with Crippen molar-refractivity contribution in [3.05, 3.63) is 30.3 Å². The number of benzene rings is 1. The predicted molar refractivity (Wildman–Crippen MR) is 70.5 cm³/mol. The lowest BCUT2D eigenvalue weighted by Crippen LogP contribution is -2.09. The molecule has 3 N–H and O–H groups in total. The number of tetrazole rings is 1. The van der Waals surface area contributed by atoms with Gasteiger partial charge in [-0.05, 0) is 41.9 Å². The number of hydrogen-bond donors (Lipinski definition) is 2. The van der Waals surface area contributed by atoms with Crippen molar-refractivity contribution in [3.8, 4) is 5.69 Å². The zero-order valence-electron chi connectivity index (χ0n) is 10.3. The Balaban J connectivity index is 1.92. The van der Waals surface area contributed by atoms with Crippen LogP contribution in [0.2, 0.25) is 0 Å². The van der Waals surface area contributed by atoms with Gasteiger partial charge < -0.3 is 11.1 Å². The van der Waals surface area contributed by atoms with E-state index in [-0.39, 0.29) is 0 Å². The van der Waals surface area contributed by atoms with Crippen LogP contribution in [0.15, 0.2) is 30.3 Å². The molecule has 0 saturated heterocycles. The van der Waals surface area contributed by atoms with E-state index in [2.05, 4.69) is 20.8 Å². The summed E-state index contributed by atoms with van der Waals surface area (Å²) in [5.41, 5.74) is 6.40. The second-order valence-electron chi connectivity index (χ2n) is 4.03. The molecule has 0 aliphatic carbocycles. The van der Waals surface area contributed by atoms with E-state index in [9.17, 15) is 0 Å². The lowest BCUT2D eigenvalue weighted by molar-refractivity contribution is 0.703. The largest absolute Gasteiger partial charge is 0.353 e. The minimum absolute atomic E-state index is 0.675. The molecule has 0 unspecified atom stereocenters. The Kier molecular flexibility index (Phi) is 4.66. The molecule has 1 heterocycles. The second kappa shape index (κ2) is 6.70. The summed E-state index contributed by atoms with van der Waals surface area (Å²) in [4.78, 5) is 0. The molecular formula is C12H18N6. The fourth-order valence-corrected chi connectivity index (χ4v) is 1.69. The van der Waals surface area contributed by atoms with E-state index >= 15 is 0 Å². The number of unbranched alkanes of at least 4 members (excludes halogenated alkanes) is 2. The number of aromatic nitrogens is 4. The van der Waals surface area contributed by atoms with E-state index in [1.165, 1.54) is 0 Å². The van der Waals surface area contributed by atoms with Crippen LogP contribution in [0.3, 0.4) is 0 Å². The molecular weight excluding hydrogens is 228 g/mol. The Labute approximate surface area is 106 Å². The minimum atomic E-state index is 0.675. The van der Waals surface area contributed by atoms with E-state index in [4.69, 9.17) is 5.73 Å². The summed E-state index contributed by atoms with van der Waals surface area (Å²) >= 11 is 0. The summed E-state index contributed by atoms with van der Waals surface area (Å²) in [6, 6.07) is 9.82. The van der Waals surface area contributed by atoms with Gasteiger partial charge in [-0.3, -0.25) is 0 Å². The Morgan fingerprint density at radius 3 is 2.72 bits per heavy atom. The average Bonchev–Trinajstić information content (AvgIpc) is 2.88. The molecule has 0 atom stereocenters. The van der Waals surface area contributed by atoms with Gasteiger partial charge in [-0.2, -0.15) is 4.68 Å². The van der Waals surface area contributed by atoms with E-state index in [1.807, 2.05) is 30.3 Å². The standard InChI is InChI=1S/C12H18N6/c13-9-5-2-6-10-14-12-15-16-17-18(12)11-7-3-1-4-8-11/h1,3-4,7-8H,2,5-6,9-10,13H2,(H,14,15,17). The molecule has 0 aliphatic heterocycles. The number of nitrogens with one attached hydrogen (secondary N) is 1. The van der Waals surface area contributed by atoms with Crippen molar-refractivity contribution >= 4 is 5.95 Å². The van der Waals surface area contributed by atoms with Crippen molar-refractivity contribution in [2.24, 2.45) is 5.73 Å². The summed E-state index contributed by atoms with van der Waals surface area (Å²) in [5, 5.41) is 14.9. The third-order valence-corrected chi connectivity index (χ3v) is 2.63. The van der Waals surface area contributed by atoms with E-state index in [0.29, 0.717) is 5.95 Å². The summed E-state index contributed by atoms with van der Waals surface area (Å²) in [6.07, 6.45) is 3.25. The highest BCUT2D eigenvalue weighted by molar-refractivity contribution is 5.38. The number of hydrogen-bond acceptors (Lipinski definition) is 5. The molecule has 1 aromatic heterocycles. The van der Waals surface area contributed by atoms with E-state index in [0.717, 1.165) is 38.0 Å². The maximum atomic E-state index is 5.45. The lowest BCUT2D eigenvalue weighted by Gasteiger charge is -2.06. The molecule has 96 valence electrons. The zero-order chi connectivity index (χ0) is 12.6. The highest BCUT2D eigenvalue weighted by Crippen LogP contribution is 2.10. The smallest absolute Gasteiger partial charge is 0.247 e. The third kappa shape index (κ3) is 3.27. The Morgan fingerprint density at radius 1 is 1.11 bits per heavy atom. The van der Waals surface area contributed by atoms with E-state index < -0.39 is 0 Å². The summed E-state index contributed by atoms with van der Waals surface area (Å²) in [7, 11) is 0. The number of rotatable bonds is 7. The van der Waals surface area contributed by atoms with Gasteiger partial charge in [-0.25, -0.2) is 0 Å². The molecule has 18 heavy (non-hydrogen) atoms. The molecule has 1 aromatic carbocycles. The topological polar surface area (TPSA) is 81.7 Å². The maximum Gasteiger partial charge on any atom is 0.247 e. The first-order valence-corrected chi connectivity index (χ1v) is 6.19. The fourth-order valence-electron chi connectivity index (χ4n) is 1.69. The second-order valence-corrected chi connectivity index (χ2v) is 4.03. The molecule has 0 bridgehead atoms. The van der Waals surface area contributed by atoms with Crippen LogP contribution in [-0.2, 0) is 0 Å². The highest BCUT2D eigenvalue weighted by atomic mass is 15.6. The van der Waals surface area contributed by atoms with Crippen LogP contribution in [0.25, 0.3) is 5.69 Å². The molecule has 0 aliphatic rings. The van der Waals surface area contributed by atoms with Gasteiger partial charge in [0.2, 0.25) is 5.95 Å². The molecule has 2 rings (SSSR count). The van der Waals surface area contributed by atoms with Gasteiger partial charge in [-0.1, -0.05) is 29.7 Å². The molecule has 0 spiro atoms. The van der Waals surface area contributed by atoms with Crippen LogP contribution in [-0.4, -0.2) is 33.3 Å². The van der Waals surface area contributed by atoms with Crippen LogP contribution < -0.4 is 11.1 Å². The molecule has 2 aromatic rings. The molecule has 0 amide bonds. The van der Waals surface area contributed by atoms with Crippen LogP contribution in [0.1, 0.15) is 19.3 Å². The van der Waals surface area contributed by atoms with Gasteiger partial charge in [0.15, 0.2) is 0 Å². The monoisotopic (exact) mass is 246 g/mol. The Bertz CT molecular complexity index is 453. The van der Waals surface area contributed by atoms with Gasteiger partial charge in [0.25, 0.3) is 0 Å². The van der Waals surface area contributed by atoms with Gasteiger partial charge >= 0.3 is 0 Å². The first-order valence-electron chi connectivity index (χ1n) is 6.19. The van der Waals surface area contributed by atoms with Crippen molar-refractivity contribution in [2.75, 3.05) is 18.4 Å². The minimum Gasteiger partial charge on any atom is -0.353 e. The number of para-hydroxylation sites is 1. The summed E-state index contributed by atoms with van der Waals surface area (Å²) in [6.45, 7) is 1.61. The fraction of sp³-hybridized carbons (Fsp3) is 0.417. The highest BCUT2D eigenvalue weighted by Gasteiger charge is 2.06. The molecule has 0 fully saturated rings. The number of anilines is 1. The van der Waals surface area contributed by atoms with Crippen molar-refractivity contribution in [1.29, 1.82) is 0 Å². The average molecular weight is 246 g/mol. The zero-order valence-corrected chi connectivity index (χ0v) is 10.3. The van der Waals surface area contributed by atoms with Crippen molar-refractivity contribution in [3.63, 3.8) is 0 Å². The van der Waals surface area contributed by atoms with Crippen LogP contribution in [0.4, 0.5) is 5.95 Å². The van der Waals surface area contributed by atoms with Gasteiger partial charge in [-0.15, -0.1) is 0 Å². The quantitative estimate of drug-likeness (QED) is 0.717. The molecule has 6 nitrogen and oxygen atoms in total. The van der Waals surface area contributed by atoms with Crippen LogP contribution in [0, 0.1) is 0 Å². The Morgan fingerprint density at radius 2 is 1.94 bits per heavy atom. The SMILES string of the molecule is NCCCCCNc1nnnn1-c1ccccc1. The predicted octanol–water partition coefficient (Wildman–Crippen LogP) is 1.20. The summed E-state index contributed by atoms with van der Waals surface area (Å²) < 4.78 is 1.70. The summed E-state index contributed by atoms with van der Waals surface area (Å²) in [5.74, 6) is 0.675. The number of nitrogens with zero attached hydrogens (tertiary/aromatic N) is 4. The molecule has 0 saturated carbocycles. The van der Waals surface area contributed by atoms with Gasteiger partial charge in [0.1, 0.15) is 0 Å². The first kappa shape index (κ1) is 12.5. The molecule has 0 radical (unpaired) electrons. The normalized spacial score (nSPS) is 10.5. The third-order valence-electron chi connectivity index (χ3n) is 2.63. The molecule has 6 heteroatoms. The first-order chi connectivity index (χ1) is 8.92. The van der Waals surface area contributed by atoms with E-state index in [1.54, 1.807) is 4.68 Å². The number of nitrogens with two attached hydrogens (primary N) is 1. The lowest BCUT2D eigenvalue weighted by atomic mass is 10.2. The van der Waals surface area contributed by atoms with Crippen molar-refractivity contribution in [1.82, 2.24) is 20.2 Å². The van der Waals surface area contributed by atoms with Crippen molar-refractivity contribution < 1.29 is 0 Å². The van der Waals surface area contributed by atoms with Gasteiger partial charge in [0.05, 0.1) is 5.69 Å². The Hall–Kier alpha value is -1.95. The maximum absolute atomic E-state index is 5.45. The van der Waals surface area contributed by atoms with Crippen molar-refractivity contribution in [2.45, 2.75) is 19.3 Å². The van der Waals surface area contributed by atoms with Gasteiger partial charge in [0, 0.05) is 6.54 Å².